The molecule has 0 aromatic carbocycles. The van der Waals surface area contributed by atoms with Crippen LogP contribution in [0, 0.1) is 0 Å². The van der Waals surface area contributed by atoms with Gasteiger partial charge in [0.05, 0.1) is 0 Å². The number of hydrogen-bond donors (Lipinski definition) is 1. The lowest BCUT2D eigenvalue weighted by Crippen LogP contribution is -2.27. The highest BCUT2D eigenvalue weighted by Gasteiger charge is 2.09. The first-order valence-corrected chi connectivity index (χ1v) is 5.63. The number of unbranched alkanes of at least 4 members (excludes halogenated alkanes) is 2. The van der Waals surface area contributed by atoms with Crippen LogP contribution in [-0.2, 0) is 4.79 Å². The molecule has 0 heterocycles. The average molecular weight is 212 g/mol. The van der Waals surface area contributed by atoms with E-state index in [4.69, 9.17) is 5.73 Å². The Morgan fingerprint density at radius 1 is 1.40 bits per heavy atom. The van der Waals surface area contributed by atoms with Crippen molar-refractivity contribution in [3.05, 3.63) is 11.6 Å². The number of primary amides is 1. The van der Waals surface area contributed by atoms with Gasteiger partial charge in [-0.3, -0.25) is 4.79 Å². The topological polar surface area (TPSA) is 46.3 Å². The minimum absolute atomic E-state index is 0.322. The largest absolute Gasteiger partial charge is 0.366 e. The van der Waals surface area contributed by atoms with E-state index in [0.717, 1.165) is 6.42 Å². The number of hydrogen-bond acceptors (Lipinski definition) is 2. The van der Waals surface area contributed by atoms with Crippen LogP contribution in [0.5, 0.6) is 0 Å². The van der Waals surface area contributed by atoms with Gasteiger partial charge in [-0.2, -0.15) is 0 Å². The van der Waals surface area contributed by atoms with Crippen LogP contribution in [0.3, 0.4) is 0 Å². The highest BCUT2D eigenvalue weighted by Crippen LogP contribution is 2.10. The highest BCUT2D eigenvalue weighted by molar-refractivity contribution is 5.91. The zero-order chi connectivity index (χ0) is 11.8. The van der Waals surface area contributed by atoms with E-state index >= 15 is 0 Å². The first kappa shape index (κ1) is 14.2. The second-order valence-corrected chi connectivity index (χ2v) is 4.24. The van der Waals surface area contributed by atoms with Gasteiger partial charge >= 0.3 is 0 Å². The molecular weight excluding hydrogens is 188 g/mol. The molecule has 0 aliphatic heterocycles. The number of rotatable bonds is 7. The van der Waals surface area contributed by atoms with Gasteiger partial charge in [0, 0.05) is 11.6 Å². The fraction of sp³-hybridized carbons (Fsp3) is 0.750. The lowest BCUT2D eigenvalue weighted by atomic mass is 10.0. The molecule has 0 bridgehead atoms. The van der Waals surface area contributed by atoms with Crippen molar-refractivity contribution >= 4 is 5.91 Å². The van der Waals surface area contributed by atoms with E-state index in [-0.39, 0.29) is 5.91 Å². The summed E-state index contributed by atoms with van der Waals surface area (Å²) in [6, 6.07) is 0.323. The summed E-state index contributed by atoms with van der Waals surface area (Å²) in [5.74, 6) is -0.322. The Bertz CT molecular complexity index is 222. The van der Waals surface area contributed by atoms with Crippen molar-refractivity contribution in [2.45, 2.75) is 45.6 Å². The molecule has 1 unspecified atom stereocenters. The molecule has 0 aliphatic carbocycles. The molecule has 0 aliphatic rings. The van der Waals surface area contributed by atoms with Gasteiger partial charge in [-0.25, -0.2) is 0 Å². The van der Waals surface area contributed by atoms with Crippen molar-refractivity contribution in [2.75, 3.05) is 14.1 Å². The third kappa shape index (κ3) is 6.28. The normalized spacial score (nSPS) is 14.3. The molecule has 3 heteroatoms. The van der Waals surface area contributed by atoms with Gasteiger partial charge in [-0.1, -0.05) is 32.3 Å². The Morgan fingerprint density at radius 2 is 2.00 bits per heavy atom. The van der Waals surface area contributed by atoms with Gasteiger partial charge in [-0.15, -0.1) is 0 Å². The van der Waals surface area contributed by atoms with Crippen molar-refractivity contribution in [3.63, 3.8) is 0 Å². The quantitative estimate of drug-likeness (QED) is 0.518. The van der Waals surface area contributed by atoms with E-state index in [2.05, 4.69) is 11.8 Å². The Hall–Kier alpha value is -0.830. The molecule has 0 radical (unpaired) electrons. The van der Waals surface area contributed by atoms with Crippen LogP contribution in [0.25, 0.3) is 0 Å². The van der Waals surface area contributed by atoms with Crippen LogP contribution in [0.2, 0.25) is 0 Å². The van der Waals surface area contributed by atoms with Gasteiger partial charge in [0.1, 0.15) is 0 Å². The number of amides is 1. The summed E-state index contributed by atoms with van der Waals surface area (Å²) in [7, 11) is 4.06. The van der Waals surface area contributed by atoms with Crippen LogP contribution < -0.4 is 5.73 Å². The summed E-state index contributed by atoms with van der Waals surface area (Å²) in [6.07, 6.45) is 6.72. The van der Waals surface area contributed by atoms with Gasteiger partial charge in [0.25, 0.3) is 0 Å². The predicted octanol–water partition coefficient (Wildman–Crippen LogP) is 1.93. The van der Waals surface area contributed by atoms with E-state index in [1.165, 1.54) is 19.3 Å². The number of carbonyl (C=O) groups excluding carboxylic acids is 1. The van der Waals surface area contributed by atoms with Gasteiger partial charge in [0.2, 0.25) is 5.91 Å². The third-order valence-electron chi connectivity index (χ3n) is 2.60. The molecule has 1 atom stereocenters. The lowest BCUT2D eigenvalue weighted by Gasteiger charge is -2.21. The minimum Gasteiger partial charge on any atom is -0.366 e. The second-order valence-electron chi connectivity index (χ2n) is 4.24. The maximum atomic E-state index is 10.9. The monoisotopic (exact) mass is 212 g/mol. The molecule has 0 aromatic heterocycles. The van der Waals surface area contributed by atoms with Crippen LogP contribution in [-0.4, -0.2) is 30.9 Å². The number of likely N-dealkylation sites (N-methyl/N-ethyl adjacent to an activating group) is 1. The molecule has 0 saturated heterocycles. The molecule has 15 heavy (non-hydrogen) atoms. The van der Waals surface area contributed by atoms with E-state index < -0.39 is 0 Å². The summed E-state index contributed by atoms with van der Waals surface area (Å²) in [4.78, 5) is 13.0. The Labute approximate surface area is 93.3 Å². The first-order valence-electron chi connectivity index (χ1n) is 5.63. The maximum absolute atomic E-state index is 10.9. The number of nitrogens with zero attached hydrogens (tertiary/aromatic N) is 1. The van der Waals surface area contributed by atoms with Crippen molar-refractivity contribution < 1.29 is 4.79 Å². The summed E-state index contributed by atoms with van der Waals surface area (Å²) in [5, 5.41) is 0. The first-order chi connectivity index (χ1) is 6.99. The minimum atomic E-state index is -0.322. The summed E-state index contributed by atoms with van der Waals surface area (Å²) in [6.45, 7) is 3.97. The molecule has 3 nitrogen and oxygen atoms in total. The smallest absolute Gasteiger partial charge is 0.244 e. The molecule has 0 rings (SSSR count). The Balaban J connectivity index is 4.27. The van der Waals surface area contributed by atoms with E-state index in [0.29, 0.717) is 11.6 Å². The highest BCUT2D eigenvalue weighted by atomic mass is 16.1. The van der Waals surface area contributed by atoms with E-state index in [1.54, 1.807) is 6.92 Å². The maximum Gasteiger partial charge on any atom is 0.244 e. The Kier molecular flexibility index (Phi) is 7.05. The van der Waals surface area contributed by atoms with Gasteiger partial charge in [0.15, 0.2) is 0 Å². The van der Waals surface area contributed by atoms with Crippen LogP contribution >= 0.6 is 0 Å². The van der Waals surface area contributed by atoms with E-state index in [9.17, 15) is 4.79 Å². The summed E-state index contributed by atoms with van der Waals surface area (Å²) in [5.41, 5.74) is 5.87. The zero-order valence-corrected chi connectivity index (χ0v) is 10.4. The van der Waals surface area contributed by atoms with Crippen LogP contribution in [0.1, 0.15) is 39.5 Å². The molecule has 1 amide bonds. The van der Waals surface area contributed by atoms with Crippen molar-refractivity contribution in [1.29, 1.82) is 0 Å². The van der Waals surface area contributed by atoms with Crippen LogP contribution in [0.15, 0.2) is 11.6 Å². The molecular formula is C12H24N2O. The number of carbonyl (C=O) groups is 1. The van der Waals surface area contributed by atoms with Crippen LogP contribution in [0.4, 0.5) is 0 Å². The SMILES string of the molecule is CCCCCC(/C=C(\C)C(N)=O)N(C)C. The molecule has 0 aromatic rings. The molecule has 0 spiro atoms. The summed E-state index contributed by atoms with van der Waals surface area (Å²) < 4.78 is 0. The summed E-state index contributed by atoms with van der Waals surface area (Å²) >= 11 is 0. The molecule has 0 fully saturated rings. The number of nitrogens with two attached hydrogens (primary N) is 1. The zero-order valence-electron chi connectivity index (χ0n) is 10.4. The standard InChI is InChI=1S/C12H24N2O/c1-5-6-7-8-11(14(3)4)9-10(2)12(13)15/h9,11H,5-8H2,1-4H3,(H2,13,15)/b10-9+. The Morgan fingerprint density at radius 3 is 2.40 bits per heavy atom. The fourth-order valence-electron chi connectivity index (χ4n) is 1.46. The van der Waals surface area contributed by atoms with Crippen molar-refractivity contribution in [1.82, 2.24) is 4.90 Å². The fourth-order valence-corrected chi connectivity index (χ4v) is 1.46. The molecule has 0 saturated carbocycles. The van der Waals surface area contributed by atoms with Crippen molar-refractivity contribution in [3.8, 4) is 0 Å². The van der Waals surface area contributed by atoms with Gasteiger partial charge < -0.3 is 10.6 Å². The third-order valence-corrected chi connectivity index (χ3v) is 2.60. The van der Waals surface area contributed by atoms with E-state index in [1.807, 2.05) is 20.2 Å². The lowest BCUT2D eigenvalue weighted by molar-refractivity contribution is -0.114. The second kappa shape index (κ2) is 7.46. The van der Waals surface area contributed by atoms with Gasteiger partial charge in [-0.05, 0) is 27.4 Å². The molecule has 2 N–H and O–H groups in total. The molecule has 88 valence electrons. The van der Waals surface area contributed by atoms with Crippen molar-refractivity contribution in [2.24, 2.45) is 5.73 Å². The average Bonchev–Trinajstić information content (AvgIpc) is 2.15. The predicted molar refractivity (Wildman–Crippen MR) is 64.6 cm³/mol.